The van der Waals surface area contributed by atoms with Crippen LogP contribution in [0.5, 0.6) is 0 Å². The van der Waals surface area contributed by atoms with E-state index in [-0.39, 0.29) is 0 Å². The maximum absolute atomic E-state index is 5.17. The molecule has 2 aromatic rings. The van der Waals surface area contributed by atoms with E-state index in [4.69, 9.17) is 6.42 Å². The van der Waals surface area contributed by atoms with Gasteiger partial charge in [0, 0.05) is 12.1 Å². The van der Waals surface area contributed by atoms with Crippen LogP contribution in [0.4, 0.5) is 0 Å². The first kappa shape index (κ1) is 11.3. The Labute approximate surface area is 101 Å². The van der Waals surface area contributed by atoms with Gasteiger partial charge in [0.25, 0.3) is 0 Å². The van der Waals surface area contributed by atoms with Gasteiger partial charge in [0.05, 0.1) is 18.9 Å². The summed E-state index contributed by atoms with van der Waals surface area (Å²) < 4.78 is 0. The van der Waals surface area contributed by atoms with Gasteiger partial charge in [-0.05, 0) is 17.2 Å². The highest BCUT2D eigenvalue weighted by molar-refractivity contribution is 5.62. The van der Waals surface area contributed by atoms with Crippen LogP contribution in [-0.2, 0) is 6.54 Å². The maximum atomic E-state index is 5.17. The minimum Gasteiger partial charge on any atom is -0.302 e. The quantitative estimate of drug-likeness (QED) is 0.635. The van der Waals surface area contributed by atoms with Crippen molar-refractivity contribution in [2.75, 3.05) is 6.54 Å². The van der Waals surface area contributed by atoms with Gasteiger partial charge in [0.2, 0.25) is 0 Å². The fourth-order valence-electron chi connectivity index (χ4n) is 1.56. The highest BCUT2D eigenvalue weighted by atomic mass is 15.1. The topological polar surface area (TPSA) is 37.8 Å². The van der Waals surface area contributed by atoms with E-state index in [1.807, 2.05) is 6.07 Å². The van der Waals surface area contributed by atoms with Gasteiger partial charge in [-0.1, -0.05) is 30.2 Å². The molecule has 0 aliphatic carbocycles. The first-order valence-electron chi connectivity index (χ1n) is 5.40. The Kier molecular flexibility index (Phi) is 3.85. The molecule has 1 N–H and O–H groups in total. The van der Waals surface area contributed by atoms with Crippen LogP contribution in [0.2, 0.25) is 0 Å². The Morgan fingerprint density at radius 2 is 1.88 bits per heavy atom. The van der Waals surface area contributed by atoms with Crippen molar-refractivity contribution >= 4 is 0 Å². The van der Waals surface area contributed by atoms with Crippen LogP contribution in [0.1, 0.15) is 5.56 Å². The van der Waals surface area contributed by atoms with E-state index < -0.39 is 0 Å². The summed E-state index contributed by atoms with van der Waals surface area (Å²) in [6.45, 7) is 1.38. The fraction of sp³-hybridized carbons (Fsp3) is 0.143. The van der Waals surface area contributed by atoms with E-state index >= 15 is 0 Å². The molecule has 0 atom stereocenters. The monoisotopic (exact) mass is 223 g/mol. The highest BCUT2D eigenvalue weighted by Crippen LogP contribution is 2.17. The fourth-order valence-corrected chi connectivity index (χ4v) is 1.56. The second-order valence-electron chi connectivity index (χ2n) is 3.64. The third-order valence-electron chi connectivity index (χ3n) is 2.43. The summed E-state index contributed by atoms with van der Waals surface area (Å²) in [5.41, 5.74) is 3.43. The average Bonchev–Trinajstić information content (AvgIpc) is 2.41. The van der Waals surface area contributed by atoms with E-state index in [1.165, 1.54) is 5.56 Å². The van der Waals surface area contributed by atoms with Gasteiger partial charge in [0.1, 0.15) is 0 Å². The van der Waals surface area contributed by atoms with Crippen LogP contribution in [-0.4, -0.2) is 16.7 Å². The van der Waals surface area contributed by atoms with Gasteiger partial charge in [-0.2, -0.15) is 10.2 Å². The van der Waals surface area contributed by atoms with Crippen molar-refractivity contribution in [1.82, 2.24) is 15.5 Å². The minimum atomic E-state index is 0.593. The van der Waals surface area contributed by atoms with Gasteiger partial charge in [-0.15, -0.1) is 6.42 Å². The summed E-state index contributed by atoms with van der Waals surface area (Å²) in [5.74, 6) is 2.55. The second kappa shape index (κ2) is 5.78. The molecule has 84 valence electrons. The molecule has 1 heterocycles. The van der Waals surface area contributed by atoms with Crippen molar-refractivity contribution in [3.05, 3.63) is 48.3 Å². The summed E-state index contributed by atoms with van der Waals surface area (Å²) >= 11 is 0. The Morgan fingerprint density at radius 3 is 2.53 bits per heavy atom. The lowest BCUT2D eigenvalue weighted by Crippen LogP contribution is -2.12. The molecule has 0 amide bonds. The van der Waals surface area contributed by atoms with Crippen molar-refractivity contribution < 1.29 is 0 Å². The molecule has 0 aliphatic heterocycles. The Bertz CT molecular complexity index is 497. The van der Waals surface area contributed by atoms with Crippen LogP contribution in [0, 0.1) is 12.3 Å². The number of rotatable bonds is 4. The summed E-state index contributed by atoms with van der Waals surface area (Å²) in [4.78, 5) is 0. The lowest BCUT2D eigenvalue weighted by molar-refractivity contribution is 0.770. The number of terminal acetylenes is 1. The largest absolute Gasteiger partial charge is 0.302 e. The first-order chi connectivity index (χ1) is 8.40. The van der Waals surface area contributed by atoms with E-state index in [0.717, 1.165) is 17.7 Å². The predicted molar refractivity (Wildman–Crippen MR) is 68.0 cm³/mol. The van der Waals surface area contributed by atoms with Crippen LogP contribution in [0.25, 0.3) is 11.1 Å². The molecule has 0 aliphatic rings. The van der Waals surface area contributed by atoms with Crippen molar-refractivity contribution in [3.63, 3.8) is 0 Å². The summed E-state index contributed by atoms with van der Waals surface area (Å²) in [5, 5.41) is 10.8. The van der Waals surface area contributed by atoms with Crippen molar-refractivity contribution in [2.24, 2.45) is 0 Å². The zero-order chi connectivity index (χ0) is 11.9. The van der Waals surface area contributed by atoms with Crippen LogP contribution >= 0.6 is 0 Å². The zero-order valence-corrected chi connectivity index (χ0v) is 9.43. The lowest BCUT2D eigenvalue weighted by atomic mass is 10.1. The Hall–Kier alpha value is -2.18. The van der Waals surface area contributed by atoms with E-state index in [2.05, 4.69) is 45.7 Å². The summed E-state index contributed by atoms with van der Waals surface area (Å²) in [6.07, 6.45) is 8.62. The molecular formula is C14H13N3. The molecule has 0 radical (unpaired) electrons. The number of nitrogens with one attached hydrogen (secondary N) is 1. The minimum absolute atomic E-state index is 0.593. The van der Waals surface area contributed by atoms with Gasteiger partial charge >= 0.3 is 0 Å². The van der Waals surface area contributed by atoms with Gasteiger partial charge < -0.3 is 5.32 Å². The maximum Gasteiger partial charge on any atom is 0.0576 e. The second-order valence-corrected chi connectivity index (χ2v) is 3.64. The third kappa shape index (κ3) is 3.13. The van der Waals surface area contributed by atoms with Crippen molar-refractivity contribution in [2.45, 2.75) is 6.54 Å². The first-order valence-corrected chi connectivity index (χ1v) is 5.40. The smallest absolute Gasteiger partial charge is 0.0576 e. The van der Waals surface area contributed by atoms with E-state index in [0.29, 0.717) is 6.54 Å². The number of nitrogens with zero attached hydrogens (tertiary/aromatic N) is 2. The molecule has 17 heavy (non-hydrogen) atoms. The summed E-state index contributed by atoms with van der Waals surface area (Å²) in [6, 6.07) is 10.3. The summed E-state index contributed by atoms with van der Waals surface area (Å²) in [7, 11) is 0. The molecular weight excluding hydrogens is 210 g/mol. The molecule has 1 aromatic carbocycles. The highest BCUT2D eigenvalue weighted by Gasteiger charge is 1.97. The molecule has 0 spiro atoms. The average molecular weight is 223 g/mol. The molecule has 0 unspecified atom stereocenters. The van der Waals surface area contributed by atoms with Crippen molar-refractivity contribution in [1.29, 1.82) is 0 Å². The molecule has 1 aromatic heterocycles. The van der Waals surface area contributed by atoms with Crippen molar-refractivity contribution in [3.8, 4) is 23.5 Å². The number of hydrogen-bond donors (Lipinski definition) is 1. The van der Waals surface area contributed by atoms with Crippen LogP contribution < -0.4 is 5.32 Å². The number of benzene rings is 1. The zero-order valence-electron chi connectivity index (χ0n) is 9.43. The standard InChI is InChI=1S/C14H13N3/c1-2-8-15-10-12-3-5-13(6-4-12)14-7-9-16-17-11-14/h1,3-7,9,11,15H,8,10H2. The normalized spacial score (nSPS) is 9.82. The number of aromatic nitrogens is 2. The molecule has 0 saturated carbocycles. The predicted octanol–water partition coefficient (Wildman–Crippen LogP) is 1.87. The molecule has 2 rings (SSSR count). The molecule has 3 heteroatoms. The lowest BCUT2D eigenvalue weighted by Gasteiger charge is -2.04. The molecule has 0 bridgehead atoms. The van der Waals surface area contributed by atoms with Crippen LogP contribution in [0.3, 0.4) is 0 Å². The van der Waals surface area contributed by atoms with Gasteiger partial charge in [-0.25, -0.2) is 0 Å². The third-order valence-corrected chi connectivity index (χ3v) is 2.43. The van der Waals surface area contributed by atoms with Gasteiger partial charge in [0.15, 0.2) is 0 Å². The van der Waals surface area contributed by atoms with Crippen LogP contribution in [0.15, 0.2) is 42.7 Å². The van der Waals surface area contributed by atoms with Gasteiger partial charge in [-0.3, -0.25) is 0 Å². The molecule has 0 saturated heterocycles. The Balaban J connectivity index is 2.06. The number of hydrogen-bond acceptors (Lipinski definition) is 3. The van der Waals surface area contributed by atoms with E-state index in [1.54, 1.807) is 12.4 Å². The Morgan fingerprint density at radius 1 is 1.06 bits per heavy atom. The SMILES string of the molecule is C#CCNCc1ccc(-c2ccnnc2)cc1. The molecule has 3 nitrogen and oxygen atoms in total. The molecule has 0 fully saturated rings. The van der Waals surface area contributed by atoms with E-state index in [9.17, 15) is 0 Å².